The molecule has 1 aliphatic rings. The number of benzene rings is 1. The lowest BCUT2D eigenvalue weighted by molar-refractivity contribution is -0.133. The number of likely N-dealkylation sites (tertiary alicyclic amines) is 1. The van der Waals surface area contributed by atoms with E-state index in [9.17, 15) is 14.4 Å². The van der Waals surface area contributed by atoms with E-state index in [4.69, 9.17) is 15.2 Å². The summed E-state index contributed by atoms with van der Waals surface area (Å²) in [7, 11) is 0. The van der Waals surface area contributed by atoms with Crippen molar-refractivity contribution in [3.63, 3.8) is 0 Å². The minimum absolute atomic E-state index is 0.198. The number of esters is 1. The molecular weight excluding hydrogens is 386 g/mol. The second kappa shape index (κ2) is 11.0. The number of hydrogen-bond donors (Lipinski definition) is 2. The number of hydrogen-bond acceptors (Lipinski definition) is 6. The van der Waals surface area contributed by atoms with E-state index in [0.29, 0.717) is 44.5 Å². The molecule has 0 bridgehead atoms. The van der Waals surface area contributed by atoms with Gasteiger partial charge in [0.25, 0.3) is 0 Å². The van der Waals surface area contributed by atoms with Gasteiger partial charge in [0, 0.05) is 13.0 Å². The number of ether oxygens (including phenoxy) is 2. The number of amides is 2. The molecule has 1 aromatic carbocycles. The number of unbranched alkanes of at least 4 members (excludes halogenated alkanes) is 1. The summed E-state index contributed by atoms with van der Waals surface area (Å²) < 4.78 is 10.8. The van der Waals surface area contributed by atoms with Crippen LogP contribution >= 0.6 is 0 Å². The molecule has 0 aromatic heterocycles. The number of nitrogens with zero attached hydrogens (tertiary/aromatic N) is 1. The molecule has 8 nitrogen and oxygen atoms in total. The van der Waals surface area contributed by atoms with Crippen molar-refractivity contribution in [1.29, 1.82) is 0 Å². The van der Waals surface area contributed by atoms with Crippen LogP contribution in [0.4, 0.5) is 4.79 Å². The Balaban J connectivity index is 1.94. The molecular formula is C22H33N3O5. The van der Waals surface area contributed by atoms with Gasteiger partial charge in [-0.05, 0) is 58.7 Å². The monoisotopic (exact) mass is 419 g/mol. The molecule has 0 aliphatic carbocycles. The van der Waals surface area contributed by atoms with Gasteiger partial charge < -0.3 is 25.4 Å². The molecule has 0 spiro atoms. The molecule has 2 atom stereocenters. The van der Waals surface area contributed by atoms with Gasteiger partial charge in [-0.3, -0.25) is 4.79 Å². The first-order valence-corrected chi connectivity index (χ1v) is 10.4. The van der Waals surface area contributed by atoms with Crippen molar-refractivity contribution in [3.8, 4) is 0 Å². The van der Waals surface area contributed by atoms with E-state index < -0.39 is 23.7 Å². The van der Waals surface area contributed by atoms with Crippen LogP contribution < -0.4 is 11.1 Å². The maximum atomic E-state index is 13.0. The van der Waals surface area contributed by atoms with Crippen molar-refractivity contribution in [2.45, 2.75) is 64.2 Å². The molecule has 1 unspecified atom stereocenters. The van der Waals surface area contributed by atoms with Crippen molar-refractivity contribution < 1.29 is 23.9 Å². The van der Waals surface area contributed by atoms with Crippen LogP contribution in [0.5, 0.6) is 0 Å². The molecule has 1 saturated heterocycles. The van der Waals surface area contributed by atoms with Crippen molar-refractivity contribution in [2.24, 2.45) is 5.73 Å². The minimum atomic E-state index is -0.699. The van der Waals surface area contributed by atoms with Crippen LogP contribution in [0.1, 0.15) is 56.8 Å². The van der Waals surface area contributed by atoms with Gasteiger partial charge in [-0.25, -0.2) is 9.59 Å². The van der Waals surface area contributed by atoms with E-state index in [0.717, 1.165) is 6.42 Å². The third-order valence-electron chi connectivity index (χ3n) is 4.68. The third kappa shape index (κ3) is 7.67. The normalized spacial score (nSPS) is 17.3. The van der Waals surface area contributed by atoms with E-state index >= 15 is 0 Å². The number of nitrogens with two attached hydrogens (primary N) is 1. The van der Waals surface area contributed by atoms with Gasteiger partial charge in [0.2, 0.25) is 5.91 Å². The van der Waals surface area contributed by atoms with Crippen molar-refractivity contribution in [1.82, 2.24) is 10.2 Å². The second-order valence-corrected chi connectivity index (χ2v) is 8.45. The molecule has 1 aromatic rings. The zero-order chi connectivity index (χ0) is 22.1. The topological polar surface area (TPSA) is 111 Å². The van der Waals surface area contributed by atoms with Crippen LogP contribution in [0, 0.1) is 0 Å². The van der Waals surface area contributed by atoms with E-state index in [1.807, 2.05) is 6.07 Å². The fraction of sp³-hybridized carbons (Fsp3) is 0.591. The zero-order valence-corrected chi connectivity index (χ0v) is 18.1. The summed E-state index contributed by atoms with van der Waals surface area (Å²) in [6.45, 7) is 6.60. The number of carbonyl (C=O) groups is 3. The Morgan fingerprint density at radius 3 is 2.53 bits per heavy atom. The van der Waals surface area contributed by atoms with Crippen LogP contribution in [0.25, 0.3) is 0 Å². The molecule has 8 heteroatoms. The first kappa shape index (κ1) is 23.7. The van der Waals surface area contributed by atoms with Crippen LogP contribution in [0.15, 0.2) is 30.3 Å². The zero-order valence-electron chi connectivity index (χ0n) is 18.1. The quantitative estimate of drug-likeness (QED) is 0.495. The lowest BCUT2D eigenvalue weighted by Gasteiger charge is -2.26. The Bertz CT molecular complexity index is 717. The highest BCUT2D eigenvalue weighted by Gasteiger charge is 2.34. The Hall–Kier alpha value is -2.61. The summed E-state index contributed by atoms with van der Waals surface area (Å²) in [5.74, 6) is -0.600. The Morgan fingerprint density at radius 2 is 1.90 bits per heavy atom. The van der Waals surface area contributed by atoms with Gasteiger partial charge in [-0.2, -0.15) is 0 Å². The van der Waals surface area contributed by atoms with Crippen molar-refractivity contribution >= 4 is 18.0 Å². The summed E-state index contributed by atoms with van der Waals surface area (Å²) in [6.07, 6.45) is 1.51. The molecule has 0 radical (unpaired) electrons. The van der Waals surface area contributed by atoms with Gasteiger partial charge in [-0.1, -0.05) is 18.2 Å². The van der Waals surface area contributed by atoms with Crippen molar-refractivity contribution in [2.75, 3.05) is 19.6 Å². The van der Waals surface area contributed by atoms with Gasteiger partial charge in [-0.15, -0.1) is 0 Å². The average Bonchev–Trinajstić information content (AvgIpc) is 3.14. The average molecular weight is 420 g/mol. The summed E-state index contributed by atoms with van der Waals surface area (Å²) in [6, 6.07) is 8.06. The number of nitrogens with one attached hydrogen (secondary N) is 1. The van der Waals surface area contributed by atoms with Crippen LogP contribution in [-0.4, -0.2) is 60.3 Å². The summed E-state index contributed by atoms with van der Waals surface area (Å²) >= 11 is 0. The molecule has 2 rings (SSSR count). The van der Waals surface area contributed by atoms with Gasteiger partial charge in [0.1, 0.15) is 17.7 Å². The first-order chi connectivity index (χ1) is 14.2. The molecule has 166 valence electrons. The predicted octanol–water partition coefficient (Wildman–Crippen LogP) is 2.47. The van der Waals surface area contributed by atoms with Crippen LogP contribution in [-0.2, 0) is 14.3 Å². The lowest BCUT2D eigenvalue weighted by atomic mass is 10.1. The summed E-state index contributed by atoms with van der Waals surface area (Å²) in [5.41, 5.74) is 5.38. The largest absolute Gasteiger partial charge is 0.457 e. The van der Waals surface area contributed by atoms with Crippen molar-refractivity contribution in [3.05, 3.63) is 35.9 Å². The van der Waals surface area contributed by atoms with E-state index in [1.54, 1.807) is 49.9 Å². The van der Waals surface area contributed by atoms with Gasteiger partial charge >= 0.3 is 12.1 Å². The fourth-order valence-electron chi connectivity index (χ4n) is 3.24. The number of carbonyl (C=O) groups excluding carboxylic acids is 3. The highest BCUT2D eigenvalue weighted by atomic mass is 16.6. The Labute approximate surface area is 178 Å². The van der Waals surface area contributed by atoms with Crippen LogP contribution in [0.3, 0.4) is 0 Å². The molecule has 30 heavy (non-hydrogen) atoms. The summed E-state index contributed by atoms with van der Waals surface area (Å²) in [5, 5.41) is 2.69. The molecule has 1 heterocycles. The molecule has 0 saturated carbocycles. The van der Waals surface area contributed by atoms with E-state index in [2.05, 4.69) is 5.32 Å². The lowest BCUT2D eigenvalue weighted by Crippen LogP contribution is -2.49. The third-order valence-corrected chi connectivity index (χ3v) is 4.68. The fourth-order valence-corrected chi connectivity index (χ4v) is 3.24. The minimum Gasteiger partial charge on any atom is -0.457 e. The predicted molar refractivity (Wildman–Crippen MR) is 113 cm³/mol. The SMILES string of the molecule is CC(C)(C)OC(=O)N[C@@H](CCCCN)C(=O)N1CCC(OC(=O)c2ccccc2)C1. The van der Waals surface area contributed by atoms with Gasteiger partial charge in [0.15, 0.2) is 0 Å². The molecule has 1 fully saturated rings. The van der Waals surface area contributed by atoms with Crippen LogP contribution in [0.2, 0.25) is 0 Å². The van der Waals surface area contributed by atoms with Gasteiger partial charge in [0.05, 0.1) is 12.1 Å². The second-order valence-electron chi connectivity index (χ2n) is 8.45. The standard InChI is InChI=1S/C22H33N3O5/c1-22(2,3)30-21(28)24-18(11-7-8-13-23)19(26)25-14-12-17(15-25)29-20(27)16-9-5-4-6-10-16/h4-6,9-10,17-18H,7-8,11-15,23H2,1-3H3,(H,24,28)/t17?,18-/m0/s1. The highest BCUT2D eigenvalue weighted by molar-refractivity contribution is 5.89. The number of rotatable bonds is 8. The first-order valence-electron chi connectivity index (χ1n) is 10.4. The highest BCUT2D eigenvalue weighted by Crippen LogP contribution is 2.18. The maximum absolute atomic E-state index is 13.0. The van der Waals surface area contributed by atoms with E-state index in [1.165, 1.54) is 0 Å². The number of alkyl carbamates (subject to hydrolysis) is 1. The molecule has 1 aliphatic heterocycles. The molecule has 3 N–H and O–H groups in total. The smallest absolute Gasteiger partial charge is 0.408 e. The Morgan fingerprint density at radius 1 is 1.20 bits per heavy atom. The van der Waals surface area contributed by atoms with E-state index in [-0.39, 0.29) is 12.0 Å². The molecule has 2 amide bonds. The summed E-state index contributed by atoms with van der Waals surface area (Å²) in [4.78, 5) is 39.1. The Kier molecular flexibility index (Phi) is 8.65. The maximum Gasteiger partial charge on any atom is 0.408 e.